The molecule has 3 aromatic rings. The van der Waals surface area contributed by atoms with Crippen molar-refractivity contribution in [3.8, 4) is 16.9 Å². The molecule has 1 spiro atoms. The Hall–Kier alpha value is -2.96. The number of hydrogen-bond acceptors (Lipinski definition) is 4. The summed E-state index contributed by atoms with van der Waals surface area (Å²) < 4.78 is 13.4. The topological polar surface area (TPSA) is 56.6 Å². The number of ether oxygens (including phenoxy) is 2. The molecule has 0 N–H and O–H groups in total. The SMILES string of the molecule is Cc1ccc(C)c(-n2nc(-c3ccccc3)cc2C(=O)N2CCC3(CC2)OCCO3)c1. The van der Waals surface area contributed by atoms with Crippen molar-refractivity contribution >= 4 is 5.91 Å². The number of nitrogens with zero attached hydrogens (tertiary/aromatic N) is 3. The molecule has 2 saturated heterocycles. The smallest absolute Gasteiger partial charge is 0.272 e. The van der Waals surface area contributed by atoms with E-state index in [1.54, 1.807) is 4.68 Å². The summed E-state index contributed by atoms with van der Waals surface area (Å²) in [5.74, 6) is -0.511. The molecule has 0 radical (unpaired) electrons. The van der Waals surface area contributed by atoms with Crippen LogP contribution in [0.4, 0.5) is 0 Å². The van der Waals surface area contributed by atoms with Gasteiger partial charge in [0.2, 0.25) is 0 Å². The summed E-state index contributed by atoms with van der Waals surface area (Å²) in [7, 11) is 0. The number of rotatable bonds is 3. The number of aryl methyl sites for hydroxylation is 2. The number of carbonyl (C=O) groups is 1. The standard InChI is InChI=1S/C25H27N3O3/c1-18-8-9-19(2)22(16-18)28-23(17-21(26-28)20-6-4-3-5-7-20)24(29)27-12-10-25(11-13-27)30-14-15-31-25/h3-9,16-17H,10-15H2,1-2H3. The van der Waals surface area contributed by atoms with Crippen molar-refractivity contribution in [2.45, 2.75) is 32.5 Å². The molecule has 2 aliphatic heterocycles. The lowest BCUT2D eigenvalue weighted by Gasteiger charge is -2.37. The van der Waals surface area contributed by atoms with Gasteiger partial charge < -0.3 is 14.4 Å². The highest BCUT2D eigenvalue weighted by molar-refractivity contribution is 5.94. The Morgan fingerprint density at radius 1 is 0.968 bits per heavy atom. The maximum absolute atomic E-state index is 13.6. The van der Waals surface area contributed by atoms with E-state index < -0.39 is 5.79 Å². The quantitative estimate of drug-likeness (QED) is 0.643. The number of amides is 1. The fraction of sp³-hybridized carbons (Fsp3) is 0.360. The zero-order valence-electron chi connectivity index (χ0n) is 18.0. The monoisotopic (exact) mass is 417 g/mol. The number of carbonyl (C=O) groups excluding carboxylic acids is 1. The third-order valence-electron chi connectivity index (χ3n) is 6.22. The van der Waals surface area contributed by atoms with Crippen molar-refractivity contribution in [3.63, 3.8) is 0 Å². The first kappa shape index (κ1) is 20.0. The predicted octanol–water partition coefficient (Wildman–Crippen LogP) is 4.14. The number of aromatic nitrogens is 2. The van der Waals surface area contributed by atoms with Crippen LogP contribution in [0.5, 0.6) is 0 Å². The molecule has 2 aromatic carbocycles. The van der Waals surface area contributed by atoms with Gasteiger partial charge in [-0.25, -0.2) is 4.68 Å². The van der Waals surface area contributed by atoms with Gasteiger partial charge in [-0.2, -0.15) is 5.10 Å². The summed E-state index contributed by atoms with van der Waals surface area (Å²) >= 11 is 0. The van der Waals surface area contributed by atoms with E-state index in [-0.39, 0.29) is 5.91 Å². The summed E-state index contributed by atoms with van der Waals surface area (Å²) in [5, 5.41) is 4.86. The summed E-state index contributed by atoms with van der Waals surface area (Å²) in [5.41, 5.74) is 5.50. The van der Waals surface area contributed by atoms with Gasteiger partial charge in [-0.05, 0) is 37.1 Å². The molecule has 0 atom stereocenters. The van der Waals surface area contributed by atoms with Crippen LogP contribution < -0.4 is 0 Å². The summed E-state index contributed by atoms with van der Waals surface area (Å²) in [6.45, 7) is 6.58. The molecule has 0 unspecified atom stereocenters. The number of benzene rings is 2. The van der Waals surface area contributed by atoms with Crippen molar-refractivity contribution in [1.82, 2.24) is 14.7 Å². The molecule has 1 aromatic heterocycles. The first-order chi connectivity index (χ1) is 15.0. The Bertz CT molecular complexity index is 1090. The highest BCUT2D eigenvalue weighted by Gasteiger charge is 2.41. The highest BCUT2D eigenvalue weighted by atomic mass is 16.7. The molecule has 2 fully saturated rings. The van der Waals surface area contributed by atoms with Crippen LogP contribution in [0.3, 0.4) is 0 Å². The van der Waals surface area contributed by atoms with Gasteiger partial charge in [0, 0.05) is 31.5 Å². The fourth-order valence-corrected chi connectivity index (χ4v) is 4.41. The molecule has 3 heterocycles. The van der Waals surface area contributed by atoms with E-state index in [0.29, 0.717) is 44.8 Å². The van der Waals surface area contributed by atoms with Gasteiger partial charge >= 0.3 is 0 Å². The van der Waals surface area contributed by atoms with Crippen molar-refractivity contribution in [2.75, 3.05) is 26.3 Å². The minimum Gasteiger partial charge on any atom is -0.347 e. The van der Waals surface area contributed by atoms with Crippen molar-refractivity contribution in [2.24, 2.45) is 0 Å². The molecule has 160 valence electrons. The average molecular weight is 418 g/mol. The molecular weight excluding hydrogens is 390 g/mol. The lowest BCUT2D eigenvalue weighted by molar-refractivity contribution is -0.181. The molecule has 6 heteroatoms. The van der Waals surface area contributed by atoms with Gasteiger partial charge in [0.1, 0.15) is 5.69 Å². The number of hydrogen-bond donors (Lipinski definition) is 0. The summed E-state index contributed by atoms with van der Waals surface area (Å²) in [6.07, 6.45) is 1.39. The van der Waals surface area contributed by atoms with Crippen LogP contribution in [0.15, 0.2) is 54.6 Å². The predicted molar refractivity (Wildman–Crippen MR) is 118 cm³/mol. The van der Waals surface area contributed by atoms with E-state index in [9.17, 15) is 4.79 Å². The Morgan fingerprint density at radius 3 is 2.39 bits per heavy atom. The molecule has 5 rings (SSSR count). The lowest BCUT2D eigenvalue weighted by atomic mass is 10.0. The van der Waals surface area contributed by atoms with E-state index in [1.807, 2.05) is 48.2 Å². The highest BCUT2D eigenvalue weighted by Crippen LogP contribution is 2.32. The van der Waals surface area contributed by atoms with E-state index >= 15 is 0 Å². The van der Waals surface area contributed by atoms with E-state index in [4.69, 9.17) is 14.6 Å². The molecule has 0 saturated carbocycles. The maximum atomic E-state index is 13.6. The first-order valence-electron chi connectivity index (χ1n) is 10.8. The van der Waals surface area contributed by atoms with Crippen LogP contribution in [-0.2, 0) is 9.47 Å². The van der Waals surface area contributed by atoms with Crippen LogP contribution in [0, 0.1) is 13.8 Å². The molecule has 31 heavy (non-hydrogen) atoms. The van der Waals surface area contributed by atoms with Crippen molar-refractivity contribution in [3.05, 3.63) is 71.4 Å². The molecule has 0 aliphatic carbocycles. The lowest BCUT2D eigenvalue weighted by Crippen LogP contribution is -2.47. The third kappa shape index (κ3) is 3.77. The number of likely N-dealkylation sites (tertiary alicyclic amines) is 1. The average Bonchev–Trinajstić information content (AvgIpc) is 3.44. The van der Waals surface area contributed by atoms with Gasteiger partial charge in [0.05, 0.1) is 24.6 Å². The van der Waals surface area contributed by atoms with Gasteiger partial charge in [0.15, 0.2) is 5.79 Å². The molecule has 1 amide bonds. The fourth-order valence-electron chi connectivity index (χ4n) is 4.41. The van der Waals surface area contributed by atoms with Crippen LogP contribution >= 0.6 is 0 Å². The Labute approximate surface area is 182 Å². The molecule has 0 bridgehead atoms. The summed E-state index contributed by atoms with van der Waals surface area (Å²) in [6, 6.07) is 18.1. The van der Waals surface area contributed by atoms with Crippen molar-refractivity contribution < 1.29 is 14.3 Å². The minimum absolute atomic E-state index is 0.0107. The molecule has 2 aliphatic rings. The Balaban J connectivity index is 1.51. The normalized spacial score (nSPS) is 17.9. The zero-order valence-corrected chi connectivity index (χ0v) is 18.0. The van der Waals surface area contributed by atoms with E-state index in [2.05, 4.69) is 25.1 Å². The maximum Gasteiger partial charge on any atom is 0.272 e. The van der Waals surface area contributed by atoms with Crippen LogP contribution in [-0.4, -0.2) is 52.7 Å². The first-order valence-corrected chi connectivity index (χ1v) is 10.8. The van der Waals surface area contributed by atoms with Gasteiger partial charge in [0.25, 0.3) is 5.91 Å². The van der Waals surface area contributed by atoms with Gasteiger partial charge in [-0.3, -0.25) is 4.79 Å². The second kappa shape index (κ2) is 7.94. The zero-order chi connectivity index (χ0) is 21.4. The minimum atomic E-state index is -0.501. The summed E-state index contributed by atoms with van der Waals surface area (Å²) in [4.78, 5) is 15.5. The van der Waals surface area contributed by atoms with Crippen LogP contribution in [0.1, 0.15) is 34.5 Å². The second-order valence-corrected chi connectivity index (χ2v) is 8.38. The number of piperidine rings is 1. The molecule has 6 nitrogen and oxygen atoms in total. The largest absolute Gasteiger partial charge is 0.347 e. The van der Waals surface area contributed by atoms with Crippen molar-refractivity contribution in [1.29, 1.82) is 0 Å². The van der Waals surface area contributed by atoms with Crippen LogP contribution in [0.25, 0.3) is 16.9 Å². The second-order valence-electron chi connectivity index (χ2n) is 8.38. The Morgan fingerprint density at radius 2 is 1.68 bits per heavy atom. The third-order valence-corrected chi connectivity index (χ3v) is 6.22. The van der Waals surface area contributed by atoms with Gasteiger partial charge in [-0.15, -0.1) is 0 Å². The van der Waals surface area contributed by atoms with E-state index in [1.165, 1.54) is 0 Å². The van der Waals surface area contributed by atoms with E-state index in [0.717, 1.165) is 28.1 Å². The van der Waals surface area contributed by atoms with Gasteiger partial charge in [-0.1, -0.05) is 42.5 Å². The Kier molecular flexibility index (Phi) is 5.12. The molecular formula is C25H27N3O3. The van der Waals surface area contributed by atoms with Crippen LogP contribution in [0.2, 0.25) is 0 Å².